The second-order valence-corrected chi connectivity index (χ2v) is 7.10. The molecule has 0 atom stereocenters. The summed E-state index contributed by atoms with van der Waals surface area (Å²) in [4.78, 5) is 18.6. The quantitative estimate of drug-likeness (QED) is 0.625. The van der Waals surface area contributed by atoms with Crippen LogP contribution in [0.25, 0.3) is 11.1 Å². The zero-order valence-corrected chi connectivity index (χ0v) is 16.0. The van der Waals surface area contributed by atoms with Crippen LogP contribution in [0.4, 0.5) is 13.2 Å². The number of halogens is 3. The monoisotopic (exact) mass is 412 g/mol. The summed E-state index contributed by atoms with van der Waals surface area (Å²) in [5, 5.41) is 0. The van der Waals surface area contributed by atoms with Gasteiger partial charge in [0.25, 0.3) is 0 Å². The molecule has 7 heteroatoms. The average Bonchev–Trinajstić information content (AvgIpc) is 2.96. The van der Waals surface area contributed by atoms with Gasteiger partial charge in [-0.2, -0.15) is 13.2 Å². The Balaban J connectivity index is 1.50. The number of alkyl halides is 3. The molecule has 30 heavy (non-hydrogen) atoms. The average molecular weight is 412 g/mol. The molecular formula is C23H19F3N2O2. The highest BCUT2D eigenvalue weighted by Gasteiger charge is 2.30. The van der Waals surface area contributed by atoms with E-state index >= 15 is 0 Å². The van der Waals surface area contributed by atoms with Crippen molar-refractivity contribution in [2.24, 2.45) is 0 Å². The van der Waals surface area contributed by atoms with Crippen LogP contribution in [0.1, 0.15) is 16.7 Å². The first-order valence-corrected chi connectivity index (χ1v) is 9.50. The lowest BCUT2D eigenvalue weighted by atomic mass is 10.0. The van der Waals surface area contributed by atoms with E-state index in [1.54, 1.807) is 17.3 Å². The Kier molecular flexibility index (Phi) is 5.44. The van der Waals surface area contributed by atoms with Crippen molar-refractivity contribution in [3.63, 3.8) is 0 Å². The lowest BCUT2D eigenvalue weighted by Gasteiger charge is -2.20. The van der Waals surface area contributed by atoms with Gasteiger partial charge in [-0.25, -0.2) is 0 Å². The fourth-order valence-electron chi connectivity index (χ4n) is 3.42. The van der Waals surface area contributed by atoms with E-state index in [0.29, 0.717) is 25.3 Å². The molecule has 0 N–H and O–H groups in total. The molecule has 0 aliphatic carbocycles. The van der Waals surface area contributed by atoms with E-state index in [1.807, 2.05) is 30.3 Å². The summed E-state index contributed by atoms with van der Waals surface area (Å²) in [5.74, 6) is 0.574. The molecule has 1 aromatic heterocycles. The minimum Gasteiger partial charge on any atom is -0.491 e. The normalized spacial score (nSPS) is 13.9. The highest BCUT2D eigenvalue weighted by molar-refractivity contribution is 5.79. The largest absolute Gasteiger partial charge is 0.491 e. The Morgan fingerprint density at radius 3 is 2.57 bits per heavy atom. The maximum atomic E-state index is 12.8. The van der Waals surface area contributed by atoms with Crippen molar-refractivity contribution in [2.75, 3.05) is 13.2 Å². The molecular weight excluding hydrogens is 393 g/mol. The SMILES string of the molecule is O=C(Cc1ccc(C(F)(F)F)cc1)N1CCOc2ccc(-c3cccnc3)cc2C1. The van der Waals surface area contributed by atoms with Crippen LogP contribution in [0.15, 0.2) is 67.0 Å². The Labute approximate surface area is 171 Å². The summed E-state index contributed by atoms with van der Waals surface area (Å²) in [7, 11) is 0. The number of carbonyl (C=O) groups is 1. The van der Waals surface area contributed by atoms with Crippen molar-refractivity contribution >= 4 is 5.91 Å². The van der Waals surface area contributed by atoms with Crippen LogP contribution in [0.5, 0.6) is 5.75 Å². The lowest BCUT2D eigenvalue weighted by molar-refractivity contribution is -0.137. The maximum absolute atomic E-state index is 12.8. The maximum Gasteiger partial charge on any atom is 0.416 e. The number of pyridine rings is 1. The first kappa shape index (κ1) is 19.9. The highest BCUT2D eigenvalue weighted by Crippen LogP contribution is 2.30. The van der Waals surface area contributed by atoms with E-state index in [1.165, 1.54) is 12.1 Å². The Morgan fingerprint density at radius 1 is 1.07 bits per heavy atom. The van der Waals surface area contributed by atoms with Crippen molar-refractivity contribution in [1.82, 2.24) is 9.88 Å². The second-order valence-electron chi connectivity index (χ2n) is 7.10. The lowest BCUT2D eigenvalue weighted by Crippen LogP contribution is -2.33. The molecule has 3 aromatic rings. The Bertz CT molecular complexity index is 1030. The third-order valence-corrected chi connectivity index (χ3v) is 5.02. The van der Waals surface area contributed by atoms with Crippen molar-refractivity contribution in [3.8, 4) is 16.9 Å². The zero-order chi connectivity index (χ0) is 21.1. The van der Waals surface area contributed by atoms with Crippen molar-refractivity contribution in [2.45, 2.75) is 19.1 Å². The van der Waals surface area contributed by atoms with Crippen LogP contribution in [-0.2, 0) is 23.9 Å². The number of aromatic nitrogens is 1. The minimum atomic E-state index is -4.39. The molecule has 0 bridgehead atoms. The molecule has 0 unspecified atom stereocenters. The summed E-state index contributed by atoms with van der Waals surface area (Å²) in [6.07, 6.45) is -0.874. The number of hydrogen-bond donors (Lipinski definition) is 0. The molecule has 0 saturated heterocycles. The van der Waals surface area contributed by atoms with Crippen LogP contribution in [0, 0.1) is 0 Å². The van der Waals surface area contributed by atoms with Gasteiger partial charge in [-0.15, -0.1) is 0 Å². The van der Waals surface area contributed by atoms with Crippen molar-refractivity contribution in [3.05, 3.63) is 83.7 Å². The number of fused-ring (bicyclic) bond motifs is 1. The van der Waals surface area contributed by atoms with Crippen LogP contribution < -0.4 is 4.74 Å². The topological polar surface area (TPSA) is 42.4 Å². The van der Waals surface area contributed by atoms with Gasteiger partial charge in [0.2, 0.25) is 5.91 Å². The Morgan fingerprint density at radius 2 is 1.87 bits per heavy atom. The summed E-state index contributed by atoms with van der Waals surface area (Å²) >= 11 is 0. The third-order valence-electron chi connectivity index (χ3n) is 5.02. The highest BCUT2D eigenvalue weighted by atomic mass is 19.4. The molecule has 1 aliphatic rings. The number of amides is 1. The molecule has 0 spiro atoms. The van der Waals surface area contributed by atoms with Gasteiger partial charge < -0.3 is 9.64 Å². The van der Waals surface area contributed by atoms with E-state index in [4.69, 9.17) is 4.74 Å². The molecule has 0 fully saturated rings. The molecule has 1 aliphatic heterocycles. The first-order chi connectivity index (χ1) is 14.4. The molecule has 0 radical (unpaired) electrons. The Hall–Kier alpha value is -3.35. The summed E-state index contributed by atoms with van der Waals surface area (Å²) < 4.78 is 44.0. The number of hydrogen-bond acceptors (Lipinski definition) is 3. The first-order valence-electron chi connectivity index (χ1n) is 9.50. The number of benzene rings is 2. The summed E-state index contributed by atoms with van der Waals surface area (Å²) in [6.45, 7) is 1.15. The molecule has 1 amide bonds. The van der Waals surface area contributed by atoms with Crippen molar-refractivity contribution < 1.29 is 22.7 Å². The number of rotatable bonds is 3. The van der Waals surface area contributed by atoms with Crippen LogP contribution >= 0.6 is 0 Å². The predicted octanol–water partition coefficient (Wildman–Crippen LogP) is 4.73. The zero-order valence-electron chi connectivity index (χ0n) is 16.0. The molecule has 2 aromatic carbocycles. The van der Waals surface area contributed by atoms with Gasteiger partial charge in [0.05, 0.1) is 18.5 Å². The van der Waals surface area contributed by atoms with Gasteiger partial charge in [0.15, 0.2) is 0 Å². The third kappa shape index (κ3) is 4.45. The molecule has 154 valence electrons. The van der Waals surface area contributed by atoms with Crippen LogP contribution in [-0.4, -0.2) is 28.9 Å². The van der Waals surface area contributed by atoms with E-state index in [2.05, 4.69) is 4.98 Å². The van der Waals surface area contributed by atoms with Gasteiger partial charge in [-0.05, 0) is 41.5 Å². The van der Waals surface area contributed by atoms with E-state index < -0.39 is 11.7 Å². The van der Waals surface area contributed by atoms with Gasteiger partial charge in [-0.3, -0.25) is 9.78 Å². The summed E-state index contributed by atoms with van der Waals surface area (Å²) in [6, 6.07) is 14.4. The molecule has 2 heterocycles. The number of nitrogens with zero attached hydrogens (tertiary/aromatic N) is 2. The molecule has 4 nitrogen and oxygen atoms in total. The smallest absolute Gasteiger partial charge is 0.416 e. The standard InChI is InChI=1S/C23H19F3N2O2/c24-23(25,26)20-6-3-16(4-7-20)12-22(29)28-10-11-30-21-8-5-17(13-19(21)15-28)18-2-1-9-27-14-18/h1-9,13-14H,10-12,15H2. The van der Waals surface area contributed by atoms with E-state index in [-0.39, 0.29) is 12.3 Å². The van der Waals surface area contributed by atoms with Crippen LogP contribution in [0.3, 0.4) is 0 Å². The predicted molar refractivity (Wildman–Crippen MR) is 106 cm³/mol. The van der Waals surface area contributed by atoms with Gasteiger partial charge in [0, 0.05) is 30.1 Å². The van der Waals surface area contributed by atoms with Crippen molar-refractivity contribution in [1.29, 1.82) is 0 Å². The number of carbonyl (C=O) groups excluding carboxylic acids is 1. The molecule has 0 saturated carbocycles. The van der Waals surface area contributed by atoms with Crippen LogP contribution in [0.2, 0.25) is 0 Å². The fraction of sp³-hybridized carbons (Fsp3) is 0.217. The summed E-state index contributed by atoms with van der Waals surface area (Å²) in [5.41, 5.74) is 2.64. The van der Waals surface area contributed by atoms with Gasteiger partial charge in [-0.1, -0.05) is 24.3 Å². The van der Waals surface area contributed by atoms with E-state index in [0.717, 1.165) is 34.6 Å². The minimum absolute atomic E-state index is 0.0375. The second kappa shape index (κ2) is 8.18. The fourth-order valence-corrected chi connectivity index (χ4v) is 3.42. The van der Waals surface area contributed by atoms with Gasteiger partial charge in [0.1, 0.15) is 12.4 Å². The van der Waals surface area contributed by atoms with E-state index in [9.17, 15) is 18.0 Å². The molecule has 4 rings (SSSR count). The number of ether oxygens (including phenoxy) is 1. The van der Waals surface area contributed by atoms with Gasteiger partial charge >= 0.3 is 6.18 Å².